The third-order valence-electron chi connectivity index (χ3n) is 0.933. The van der Waals surface area contributed by atoms with Crippen LogP contribution in [-0.2, 0) is 9.84 Å². The van der Waals surface area contributed by atoms with Crippen LogP contribution in [0.15, 0.2) is 0 Å². The fraction of sp³-hybridized carbons (Fsp3) is 0.833. The largest absolute Gasteiger partial charge is 0.379 e. The first-order valence-electron chi connectivity index (χ1n) is 2.87. The molecule has 0 aromatic carbocycles. The topological polar surface area (TPSA) is 29.1 Å². The van der Waals surface area contributed by atoms with Crippen LogP contribution in [-0.4, -0.2) is 13.2 Å². The molecule has 0 saturated heterocycles. The molecule has 0 atom stereocenters. The van der Waals surface area contributed by atoms with Gasteiger partial charge in [-0.2, -0.15) is 0 Å². The van der Waals surface area contributed by atoms with Crippen molar-refractivity contribution in [2.45, 2.75) is 19.3 Å². The molecule has 0 aliphatic rings. The lowest BCUT2D eigenvalue weighted by atomic mass is 10.2. The third-order valence-corrected chi connectivity index (χ3v) is 0.933. The van der Waals surface area contributed by atoms with Crippen molar-refractivity contribution in [1.29, 1.82) is 0 Å². The molecule has 2 heteroatoms. The Hall–Kier alpha value is -0.0800. The first kappa shape index (κ1) is 7.92. The van der Waals surface area contributed by atoms with Crippen molar-refractivity contribution in [3.8, 4) is 0 Å². The first-order valence-corrected chi connectivity index (χ1v) is 2.87. The van der Waals surface area contributed by atoms with Gasteiger partial charge in [0.1, 0.15) is 0 Å². The molecule has 0 spiro atoms. The van der Waals surface area contributed by atoms with Crippen molar-refractivity contribution in [3.63, 3.8) is 0 Å². The Kier molecular flexibility index (Phi) is 6.85. The quantitative estimate of drug-likeness (QED) is 0.499. The monoisotopic (exact) mass is 116 g/mol. The smallest absolute Gasteiger partial charge is 0.0822 e. The second-order valence-corrected chi connectivity index (χ2v) is 1.67. The van der Waals surface area contributed by atoms with E-state index < -0.39 is 0 Å². The Morgan fingerprint density at radius 3 is 2.50 bits per heavy atom. The Labute approximate surface area is 50.5 Å². The van der Waals surface area contributed by atoms with E-state index in [0.29, 0.717) is 6.61 Å². The average Bonchev–Trinajstić information content (AvgIpc) is 1.81. The predicted octanol–water partition coefficient (Wildman–Crippen LogP) is 1.40. The molecule has 0 heterocycles. The minimum atomic E-state index is 0.0388. The highest BCUT2D eigenvalue weighted by Gasteiger charge is 1.85. The van der Waals surface area contributed by atoms with Gasteiger partial charge in [-0.25, -0.2) is 5.11 Å². The molecule has 0 bridgehead atoms. The second-order valence-electron chi connectivity index (χ2n) is 1.67. The molecule has 0 amide bonds. The minimum Gasteiger partial charge on any atom is -0.379 e. The zero-order valence-corrected chi connectivity index (χ0v) is 5.06. The SMILES string of the molecule is [CH2]OCCCCC[O]. The molecule has 0 aliphatic heterocycles. The molecule has 0 aromatic heterocycles. The van der Waals surface area contributed by atoms with Crippen LogP contribution in [0.3, 0.4) is 0 Å². The molecule has 0 aromatic rings. The summed E-state index contributed by atoms with van der Waals surface area (Å²) in [5.74, 6) is 0. The molecule has 0 N–H and O–H groups in total. The summed E-state index contributed by atoms with van der Waals surface area (Å²) in [6, 6.07) is 0. The maximum Gasteiger partial charge on any atom is 0.0822 e. The summed E-state index contributed by atoms with van der Waals surface area (Å²) in [7, 11) is 3.21. The van der Waals surface area contributed by atoms with Gasteiger partial charge in [-0.3, -0.25) is 0 Å². The first-order chi connectivity index (χ1) is 3.91. The molecule has 0 aliphatic carbocycles. The van der Waals surface area contributed by atoms with E-state index in [1.807, 2.05) is 0 Å². The summed E-state index contributed by atoms with van der Waals surface area (Å²) in [6.45, 7) is 0.719. The van der Waals surface area contributed by atoms with E-state index in [2.05, 4.69) is 11.8 Å². The standard InChI is InChI=1S/C6H12O2/c1-8-6-4-2-3-5-7/h1-6H2. The van der Waals surface area contributed by atoms with Crippen LogP contribution >= 0.6 is 0 Å². The highest BCUT2D eigenvalue weighted by Crippen LogP contribution is 1.93. The second kappa shape index (κ2) is 6.92. The van der Waals surface area contributed by atoms with Gasteiger partial charge in [0.05, 0.1) is 13.7 Å². The van der Waals surface area contributed by atoms with Crippen LogP contribution in [0.5, 0.6) is 0 Å². The Bertz CT molecular complexity index is 31.5. The molecule has 2 nitrogen and oxygen atoms in total. The maximum absolute atomic E-state index is 9.84. The molecule has 0 fully saturated rings. The summed E-state index contributed by atoms with van der Waals surface area (Å²) in [6.07, 6.45) is 2.70. The summed E-state index contributed by atoms with van der Waals surface area (Å²) in [5.41, 5.74) is 0. The van der Waals surface area contributed by atoms with Gasteiger partial charge < -0.3 is 4.74 Å². The van der Waals surface area contributed by atoms with Gasteiger partial charge in [0.15, 0.2) is 0 Å². The van der Waals surface area contributed by atoms with Gasteiger partial charge in [-0.15, -0.1) is 0 Å². The Morgan fingerprint density at radius 1 is 1.25 bits per heavy atom. The summed E-state index contributed by atoms with van der Waals surface area (Å²) < 4.78 is 4.54. The van der Waals surface area contributed by atoms with E-state index in [-0.39, 0.29) is 6.61 Å². The van der Waals surface area contributed by atoms with Gasteiger partial charge in [0, 0.05) is 6.61 Å². The third kappa shape index (κ3) is 5.92. The lowest BCUT2D eigenvalue weighted by molar-refractivity contribution is 0.178. The number of ether oxygens (including phenoxy) is 1. The molecular weight excluding hydrogens is 104 g/mol. The van der Waals surface area contributed by atoms with Gasteiger partial charge in [0.25, 0.3) is 0 Å². The average molecular weight is 116 g/mol. The van der Waals surface area contributed by atoms with Crippen molar-refractivity contribution < 1.29 is 9.84 Å². The molecule has 0 rings (SSSR count). The van der Waals surface area contributed by atoms with E-state index in [0.717, 1.165) is 19.3 Å². The number of rotatable bonds is 5. The summed E-state index contributed by atoms with van der Waals surface area (Å²) in [5, 5.41) is 9.84. The van der Waals surface area contributed by atoms with Crippen molar-refractivity contribution in [3.05, 3.63) is 7.11 Å². The zero-order valence-electron chi connectivity index (χ0n) is 5.06. The zero-order chi connectivity index (χ0) is 6.24. The van der Waals surface area contributed by atoms with E-state index in [1.165, 1.54) is 0 Å². The van der Waals surface area contributed by atoms with Gasteiger partial charge in [0.2, 0.25) is 0 Å². The lowest BCUT2D eigenvalue weighted by Crippen LogP contribution is -1.87. The minimum absolute atomic E-state index is 0.0388. The van der Waals surface area contributed by atoms with Gasteiger partial charge in [-0.05, 0) is 19.3 Å². The predicted molar refractivity (Wildman–Crippen MR) is 30.7 cm³/mol. The molecular formula is C6H12O2. The molecule has 2 radical (unpaired) electrons. The summed E-state index contributed by atoms with van der Waals surface area (Å²) in [4.78, 5) is 0. The van der Waals surface area contributed by atoms with Crippen LogP contribution in [0.1, 0.15) is 19.3 Å². The van der Waals surface area contributed by atoms with E-state index >= 15 is 0 Å². The maximum atomic E-state index is 9.84. The van der Waals surface area contributed by atoms with Gasteiger partial charge >= 0.3 is 0 Å². The van der Waals surface area contributed by atoms with Crippen LogP contribution in [0.25, 0.3) is 0 Å². The molecule has 48 valence electrons. The van der Waals surface area contributed by atoms with Crippen LogP contribution in [0.2, 0.25) is 0 Å². The van der Waals surface area contributed by atoms with Crippen LogP contribution < -0.4 is 0 Å². The fourth-order valence-electron chi connectivity index (χ4n) is 0.483. The number of hydrogen-bond acceptors (Lipinski definition) is 1. The van der Waals surface area contributed by atoms with E-state index in [4.69, 9.17) is 0 Å². The molecule has 0 unspecified atom stereocenters. The van der Waals surface area contributed by atoms with Crippen LogP contribution in [0.4, 0.5) is 0 Å². The van der Waals surface area contributed by atoms with Crippen molar-refractivity contribution in [1.82, 2.24) is 0 Å². The molecule has 8 heavy (non-hydrogen) atoms. The van der Waals surface area contributed by atoms with Gasteiger partial charge in [-0.1, -0.05) is 0 Å². The highest BCUT2D eigenvalue weighted by molar-refractivity contribution is 4.37. The lowest BCUT2D eigenvalue weighted by Gasteiger charge is -1.94. The number of hydrogen-bond donors (Lipinski definition) is 0. The van der Waals surface area contributed by atoms with Crippen molar-refractivity contribution >= 4 is 0 Å². The highest BCUT2D eigenvalue weighted by atomic mass is 16.5. The van der Waals surface area contributed by atoms with E-state index in [1.54, 1.807) is 0 Å². The van der Waals surface area contributed by atoms with Crippen molar-refractivity contribution in [2.24, 2.45) is 0 Å². The van der Waals surface area contributed by atoms with Crippen molar-refractivity contribution in [2.75, 3.05) is 13.2 Å². The normalized spacial score (nSPS) is 9.75. The molecule has 0 saturated carbocycles. The van der Waals surface area contributed by atoms with E-state index in [9.17, 15) is 5.11 Å². The number of unbranched alkanes of at least 4 members (excludes halogenated alkanes) is 2. The van der Waals surface area contributed by atoms with Crippen LogP contribution in [0, 0.1) is 7.11 Å². The Balaban J connectivity index is 2.53. The summed E-state index contributed by atoms with van der Waals surface area (Å²) >= 11 is 0. The fourth-order valence-corrected chi connectivity index (χ4v) is 0.483. The Morgan fingerprint density at radius 2 is 2.00 bits per heavy atom.